The second kappa shape index (κ2) is 4.50. The van der Waals surface area contributed by atoms with Crippen molar-refractivity contribution < 1.29 is 13.5 Å². The number of piperidine rings is 1. The van der Waals surface area contributed by atoms with Crippen LogP contribution in [-0.4, -0.2) is 19.7 Å². The second-order valence-electron chi connectivity index (χ2n) is 5.07. The third kappa shape index (κ3) is 1.99. The Morgan fingerprint density at radius 3 is 2.78 bits per heavy atom. The highest BCUT2D eigenvalue weighted by atomic mass is 19.3. The average Bonchev–Trinajstić information content (AvgIpc) is 2.87. The van der Waals surface area contributed by atoms with Crippen LogP contribution in [0, 0.1) is 5.92 Å². The maximum atomic E-state index is 14.4. The molecule has 0 saturated carbocycles. The molecule has 18 heavy (non-hydrogen) atoms. The van der Waals surface area contributed by atoms with Gasteiger partial charge in [0.05, 0.1) is 6.61 Å². The van der Waals surface area contributed by atoms with Crippen LogP contribution in [-0.2, 0) is 12.3 Å². The van der Waals surface area contributed by atoms with E-state index in [4.69, 9.17) is 4.74 Å². The van der Waals surface area contributed by atoms with Gasteiger partial charge in [-0.1, -0.05) is 0 Å². The molecule has 4 heteroatoms. The van der Waals surface area contributed by atoms with Gasteiger partial charge in [0.15, 0.2) is 0 Å². The summed E-state index contributed by atoms with van der Waals surface area (Å²) in [4.78, 5) is 0. The molecule has 0 aromatic heterocycles. The predicted octanol–water partition coefficient (Wildman–Crippen LogP) is 2.71. The van der Waals surface area contributed by atoms with Crippen molar-refractivity contribution in [3.8, 4) is 5.75 Å². The molecule has 3 rings (SSSR count). The molecule has 0 spiro atoms. The van der Waals surface area contributed by atoms with Crippen molar-refractivity contribution in [2.45, 2.75) is 25.2 Å². The van der Waals surface area contributed by atoms with Gasteiger partial charge in [-0.2, -0.15) is 0 Å². The molecular weight excluding hydrogens is 236 g/mol. The summed E-state index contributed by atoms with van der Waals surface area (Å²) in [5, 5.41) is 3.13. The van der Waals surface area contributed by atoms with Crippen molar-refractivity contribution in [1.82, 2.24) is 5.32 Å². The quantitative estimate of drug-likeness (QED) is 0.875. The van der Waals surface area contributed by atoms with Gasteiger partial charge >= 0.3 is 0 Å². The average molecular weight is 253 g/mol. The highest BCUT2D eigenvalue weighted by molar-refractivity contribution is 5.41. The molecule has 98 valence electrons. The molecule has 1 aromatic rings. The van der Waals surface area contributed by atoms with Crippen molar-refractivity contribution in [2.75, 3.05) is 19.7 Å². The van der Waals surface area contributed by atoms with E-state index in [1.54, 1.807) is 12.1 Å². The Morgan fingerprint density at radius 2 is 2.00 bits per heavy atom. The van der Waals surface area contributed by atoms with Gasteiger partial charge in [-0.25, -0.2) is 8.78 Å². The van der Waals surface area contributed by atoms with Gasteiger partial charge in [0.25, 0.3) is 5.92 Å². The van der Waals surface area contributed by atoms with Crippen LogP contribution in [0.3, 0.4) is 0 Å². The lowest BCUT2D eigenvalue weighted by molar-refractivity contribution is -0.0753. The minimum Gasteiger partial charge on any atom is -0.493 e. The third-order valence-corrected chi connectivity index (χ3v) is 3.93. The van der Waals surface area contributed by atoms with E-state index in [0.717, 1.165) is 17.7 Å². The van der Waals surface area contributed by atoms with Crippen LogP contribution in [0.2, 0.25) is 0 Å². The monoisotopic (exact) mass is 253 g/mol. The summed E-state index contributed by atoms with van der Waals surface area (Å²) in [5.41, 5.74) is 1.07. The molecule has 0 amide bonds. The normalized spacial score (nSPS) is 20.6. The minimum atomic E-state index is -2.72. The lowest BCUT2D eigenvalue weighted by atomic mass is 9.86. The van der Waals surface area contributed by atoms with Gasteiger partial charge in [0, 0.05) is 17.9 Å². The van der Waals surface area contributed by atoms with Crippen LogP contribution in [0.15, 0.2) is 18.2 Å². The Balaban J connectivity index is 1.87. The Kier molecular flexibility index (Phi) is 2.98. The SMILES string of the molecule is FC(F)(c1ccc2c(c1)CCO2)C1CCNCC1. The Labute approximate surface area is 105 Å². The Hall–Kier alpha value is -1.16. The predicted molar refractivity (Wildman–Crippen MR) is 65.1 cm³/mol. The number of nitrogens with one attached hydrogen (secondary N) is 1. The lowest BCUT2D eigenvalue weighted by Crippen LogP contribution is -2.36. The van der Waals surface area contributed by atoms with Gasteiger partial charge < -0.3 is 10.1 Å². The standard InChI is InChI=1S/C14H17F2NO/c15-14(16,11-3-6-17-7-4-11)12-1-2-13-10(9-12)5-8-18-13/h1-2,9,11,17H,3-8H2. The zero-order chi connectivity index (χ0) is 12.6. The van der Waals surface area contributed by atoms with E-state index in [2.05, 4.69) is 5.32 Å². The Morgan fingerprint density at radius 1 is 1.22 bits per heavy atom. The molecule has 2 nitrogen and oxygen atoms in total. The third-order valence-electron chi connectivity index (χ3n) is 3.93. The van der Waals surface area contributed by atoms with E-state index in [0.29, 0.717) is 32.5 Å². The fourth-order valence-electron chi connectivity index (χ4n) is 2.81. The molecular formula is C14H17F2NO. The zero-order valence-corrected chi connectivity index (χ0v) is 10.2. The first-order valence-electron chi connectivity index (χ1n) is 6.52. The number of hydrogen-bond donors (Lipinski definition) is 1. The first-order valence-corrected chi connectivity index (χ1v) is 6.52. The van der Waals surface area contributed by atoms with E-state index in [1.807, 2.05) is 0 Å². The maximum Gasteiger partial charge on any atom is 0.276 e. The number of hydrogen-bond acceptors (Lipinski definition) is 2. The molecule has 1 N–H and O–H groups in total. The molecule has 0 atom stereocenters. The second-order valence-corrected chi connectivity index (χ2v) is 5.07. The zero-order valence-electron chi connectivity index (χ0n) is 10.2. The van der Waals surface area contributed by atoms with Crippen LogP contribution < -0.4 is 10.1 Å². The number of alkyl halides is 2. The summed E-state index contributed by atoms with van der Waals surface area (Å²) in [6, 6.07) is 4.84. The summed E-state index contributed by atoms with van der Waals surface area (Å²) in [6.45, 7) is 1.99. The van der Waals surface area contributed by atoms with Crippen LogP contribution in [0.5, 0.6) is 5.75 Å². The van der Waals surface area contributed by atoms with E-state index in [9.17, 15) is 8.78 Å². The molecule has 1 fully saturated rings. The molecule has 0 aliphatic carbocycles. The number of rotatable bonds is 2. The number of ether oxygens (including phenoxy) is 1. The molecule has 1 aromatic carbocycles. The minimum absolute atomic E-state index is 0.152. The number of benzene rings is 1. The molecule has 0 radical (unpaired) electrons. The molecule has 0 bridgehead atoms. The van der Waals surface area contributed by atoms with Crippen molar-refractivity contribution >= 4 is 0 Å². The fraction of sp³-hybridized carbons (Fsp3) is 0.571. The van der Waals surface area contributed by atoms with Crippen LogP contribution in [0.4, 0.5) is 8.78 Å². The van der Waals surface area contributed by atoms with E-state index in [-0.39, 0.29) is 5.56 Å². The fourth-order valence-corrected chi connectivity index (χ4v) is 2.81. The van der Waals surface area contributed by atoms with Crippen LogP contribution in [0.1, 0.15) is 24.0 Å². The van der Waals surface area contributed by atoms with Crippen LogP contribution >= 0.6 is 0 Å². The highest BCUT2D eigenvalue weighted by Gasteiger charge is 2.41. The van der Waals surface area contributed by atoms with Gasteiger partial charge in [-0.3, -0.25) is 0 Å². The molecule has 2 heterocycles. The van der Waals surface area contributed by atoms with E-state index < -0.39 is 11.8 Å². The summed E-state index contributed by atoms with van der Waals surface area (Å²) >= 11 is 0. The molecule has 2 aliphatic heterocycles. The lowest BCUT2D eigenvalue weighted by Gasteiger charge is -2.30. The van der Waals surface area contributed by atoms with Crippen molar-refractivity contribution in [3.63, 3.8) is 0 Å². The summed E-state index contributed by atoms with van der Waals surface area (Å²) in [7, 11) is 0. The maximum absolute atomic E-state index is 14.4. The smallest absolute Gasteiger partial charge is 0.276 e. The Bertz CT molecular complexity index is 441. The molecule has 0 unspecified atom stereocenters. The van der Waals surface area contributed by atoms with Gasteiger partial charge in [0.2, 0.25) is 0 Å². The summed E-state index contributed by atoms with van der Waals surface area (Å²) in [5.74, 6) is -2.50. The highest BCUT2D eigenvalue weighted by Crippen LogP contribution is 2.42. The van der Waals surface area contributed by atoms with Crippen molar-refractivity contribution in [1.29, 1.82) is 0 Å². The largest absolute Gasteiger partial charge is 0.493 e. The van der Waals surface area contributed by atoms with Gasteiger partial charge in [-0.15, -0.1) is 0 Å². The first-order chi connectivity index (χ1) is 8.68. The van der Waals surface area contributed by atoms with Gasteiger partial charge in [-0.05, 0) is 49.7 Å². The van der Waals surface area contributed by atoms with E-state index >= 15 is 0 Å². The first kappa shape index (κ1) is 11.9. The number of fused-ring (bicyclic) bond motifs is 1. The van der Waals surface area contributed by atoms with Crippen molar-refractivity contribution in [3.05, 3.63) is 29.3 Å². The molecule has 2 aliphatic rings. The topological polar surface area (TPSA) is 21.3 Å². The van der Waals surface area contributed by atoms with Crippen molar-refractivity contribution in [2.24, 2.45) is 5.92 Å². The summed E-state index contributed by atoms with van der Waals surface area (Å²) in [6.07, 6.45) is 1.83. The van der Waals surface area contributed by atoms with Gasteiger partial charge in [0.1, 0.15) is 5.75 Å². The number of halogens is 2. The van der Waals surface area contributed by atoms with Crippen LogP contribution in [0.25, 0.3) is 0 Å². The van der Waals surface area contributed by atoms with E-state index in [1.165, 1.54) is 6.07 Å². The summed E-state index contributed by atoms with van der Waals surface area (Å²) < 4.78 is 34.2. The molecule has 1 saturated heterocycles.